The van der Waals surface area contributed by atoms with Crippen LogP contribution in [0.5, 0.6) is 0 Å². The molecular formula is C20H32BaO7S. The molecule has 2 atom stereocenters. The molecule has 0 aliphatic rings. The van der Waals surface area contributed by atoms with Crippen LogP contribution in [0.4, 0.5) is 0 Å². The molecule has 9 heteroatoms. The Bertz CT molecular complexity index is 731. The second-order valence-corrected chi connectivity index (χ2v) is 8.36. The van der Waals surface area contributed by atoms with Gasteiger partial charge >= 0.3 is 60.8 Å². The quantitative estimate of drug-likeness (QED) is 0.254. The van der Waals surface area contributed by atoms with Crippen LogP contribution in [0, 0.1) is 0 Å². The topological polar surface area (TPSA) is 107 Å². The standard InChI is InChI=1S/C20H30O7S.Ba.2H/c1-5-7-9-14(3)26-19(21)16-11-17(13-18(12-16)28(23,24)25)20(22)27-15(4)10-8-6-2;;;/h11-15H,5-10H2,1-4H3,(H,23,24,25);;;. The molecule has 162 valence electrons. The van der Waals surface area contributed by atoms with E-state index in [1.165, 1.54) is 6.07 Å². The zero-order chi connectivity index (χ0) is 21.3. The SMILES string of the molecule is CCCCC(C)OC(=O)c1cc(C(=O)OC(C)CCCC)cc(S(=O)(=O)O)c1.[BaH2]. The molecule has 0 heterocycles. The van der Waals surface area contributed by atoms with Crippen molar-refractivity contribution in [2.75, 3.05) is 0 Å². The van der Waals surface area contributed by atoms with Crippen molar-refractivity contribution < 1.29 is 32.0 Å². The Morgan fingerprint density at radius 3 is 1.59 bits per heavy atom. The zero-order valence-electron chi connectivity index (χ0n) is 16.9. The van der Waals surface area contributed by atoms with Crippen molar-refractivity contribution in [2.24, 2.45) is 0 Å². The number of ether oxygens (including phenoxy) is 2. The van der Waals surface area contributed by atoms with Crippen LogP contribution in [0.15, 0.2) is 23.1 Å². The van der Waals surface area contributed by atoms with Gasteiger partial charge in [0, 0.05) is 0 Å². The molecule has 1 aromatic rings. The molecule has 7 nitrogen and oxygen atoms in total. The van der Waals surface area contributed by atoms with Crippen LogP contribution in [0.25, 0.3) is 0 Å². The summed E-state index contributed by atoms with van der Waals surface area (Å²) in [6.07, 6.45) is 4.30. The predicted molar refractivity (Wildman–Crippen MR) is 114 cm³/mol. The average molecular weight is 554 g/mol. The Morgan fingerprint density at radius 2 is 1.28 bits per heavy atom. The van der Waals surface area contributed by atoms with Gasteiger partial charge in [-0.1, -0.05) is 39.5 Å². The van der Waals surface area contributed by atoms with Gasteiger partial charge in [-0.25, -0.2) is 9.59 Å². The molecule has 0 spiro atoms. The van der Waals surface area contributed by atoms with Gasteiger partial charge in [0.1, 0.15) is 0 Å². The van der Waals surface area contributed by atoms with Crippen LogP contribution < -0.4 is 0 Å². The van der Waals surface area contributed by atoms with Crippen LogP contribution in [-0.2, 0) is 19.6 Å². The molecule has 1 rings (SSSR count). The molecule has 2 unspecified atom stereocenters. The number of unbranched alkanes of at least 4 members (excludes halogenated alkanes) is 2. The zero-order valence-corrected chi connectivity index (χ0v) is 17.8. The van der Waals surface area contributed by atoms with Crippen LogP contribution in [-0.4, -0.2) is 86.0 Å². The number of hydrogen-bond donors (Lipinski definition) is 1. The van der Waals surface area contributed by atoms with Gasteiger partial charge in [0.05, 0.1) is 28.2 Å². The molecule has 0 saturated heterocycles. The molecule has 1 N–H and O–H groups in total. The summed E-state index contributed by atoms with van der Waals surface area (Å²) in [5.41, 5.74) is -0.265. The summed E-state index contributed by atoms with van der Waals surface area (Å²) in [5, 5.41) is 0. The first-order valence-corrected chi connectivity index (χ1v) is 11.1. The van der Waals surface area contributed by atoms with E-state index >= 15 is 0 Å². The molecule has 29 heavy (non-hydrogen) atoms. The summed E-state index contributed by atoms with van der Waals surface area (Å²) < 4.78 is 43.1. The summed E-state index contributed by atoms with van der Waals surface area (Å²) in [6, 6.07) is 3.20. The fourth-order valence-electron chi connectivity index (χ4n) is 2.59. The van der Waals surface area contributed by atoms with Crippen molar-refractivity contribution in [3.8, 4) is 0 Å². The maximum absolute atomic E-state index is 12.4. The minimum atomic E-state index is -4.62. The Morgan fingerprint density at radius 1 is 0.897 bits per heavy atom. The van der Waals surface area contributed by atoms with Crippen LogP contribution in [0.1, 0.15) is 86.9 Å². The Balaban J connectivity index is 0.00000784. The van der Waals surface area contributed by atoms with Crippen molar-refractivity contribution in [1.29, 1.82) is 0 Å². The van der Waals surface area contributed by atoms with Gasteiger partial charge < -0.3 is 9.47 Å². The van der Waals surface area contributed by atoms with Gasteiger partial charge in [0.15, 0.2) is 0 Å². The van der Waals surface area contributed by atoms with E-state index in [-0.39, 0.29) is 72.2 Å². The van der Waals surface area contributed by atoms with Crippen LogP contribution in [0.2, 0.25) is 0 Å². The van der Waals surface area contributed by atoms with Crippen molar-refractivity contribution in [2.45, 2.75) is 83.3 Å². The number of rotatable bonds is 11. The van der Waals surface area contributed by atoms with E-state index in [1.807, 2.05) is 13.8 Å². The molecule has 1 aromatic carbocycles. The molecule has 0 aliphatic heterocycles. The van der Waals surface area contributed by atoms with Crippen molar-refractivity contribution in [3.05, 3.63) is 29.3 Å². The summed E-state index contributed by atoms with van der Waals surface area (Å²) >= 11 is 0. The number of hydrogen-bond acceptors (Lipinski definition) is 6. The van der Waals surface area contributed by atoms with E-state index in [4.69, 9.17) is 9.47 Å². The molecule has 0 saturated carbocycles. The van der Waals surface area contributed by atoms with E-state index in [0.29, 0.717) is 12.8 Å². The third-order valence-corrected chi connectivity index (χ3v) is 5.05. The van der Waals surface area contributed by atoms with Crippen molar-refractivity contribution in [1.82, 2.24) is 0 Å². The van der Waals surface area contributed by atoms with Gasteiger partial charge in [0.2, 0.25) is 0 Å². The first-order chi connectivity index (χ1) is 13.1. The van der Waals surface area contributed by atoms with Gasteiger partial charge in [-0.2, -0.15) is 8.42 Å². The molecule has 0 bridgehead atoms. The summed E-state index contributed by atoms with van der Waals surface area (Å²) in [6.45, 7) is 7.52. The molecule has 0 fully saturated rings. The summed E-state index contributed by atoms with van der Waals surface area (Å²) in [7, 11) is -4.62. The average Bonchev–Trinajstić information content (AvgIpc) is 2.63. The van der Waals surface area contributed by atoms with Gasteiger partial charge in [-0.3, -0.25) is 4.55 Å². The normalized spacial score (nSPS) is 13.1. The van der Waals surface area contributed by atoms with E-state index in [0.717, 1.165) is 37.8 Å². The first kappa shape index (κ1) is 28.6. The van der Waals surface area contributed by atoms with Gasteiger partial charge in [-0.05, 0) is 44.9 Å². The van der Waals surface area contributed by atoms with Crippen LogP contribution >= 0.6 is 0 Å². The molecule has 0 aromatic heterocycles. The van der Waals surface area contributed by atoms with E-state index in [1.54, 1.807) is 13.8 Å². The fraction of sp³-hybridized carbons (Fsp3) is 0.600. The minimum absolute atomic E-state index is 0. The van der Waals surface area contributed by atoms with Crippen molar-refractivity contribution in [3.63, 3.8) is 0 Å². The Hall–Kier alpha value is -0.359. The van der Waals surface area contributed by atoms with E-state index in [9.17, 15) is 22.6 Å². The van der Waals surface area contributed by atoms with E-state index < -0.39 is 27.0 Å². The molecule has 0 amide bonds. The Labute approximate surface area is 213 Å². The molecule has 0 aliphatic carbocycles. The van der Waals surface area contributed by atoms with E-state index in [2.05, 4.69) is 0 Å². The molecule has 0 radical (unpaired) electrons. The third-order valence-electron chi connectivity index (χ3n) is 4.22. The maximum atomic E-state index is 12.4. The number of benzene rings is 1. The van der Waals surface area contributed by atoms with Crippen LogP contribution in [0.3, 0.4) is 0 Å². The second-order valence-electron chi connectivity index (χ2n) is 6.94. The first-order valence-electron chi connectivity index (χ1n) is 9.63. The Kier molecular flexibility index (Phi) is 13.7. The van der Waals surface area contributed by atoms with Crippen molar-refractivity contribution >= 4 is 70.9 Å². The monoisotopic (exact) mass is 554 g/mol. The summed E-state index contributed by atoms with van der Waals surface area (Å²) in [5.74, 6) is -1.52. The third kappa shape index (κ3) is 10.5. The summed E-state index contributed by atoms with van der Waals surface area (Å²) in [4.78, 5) is 24.2. The van der Waals surface area contributed by atoms with Gasteiger partial charge in [0.25, 0.3) is 10.1 Å². The number of carbonyl (C=O) groups excluding carboxylic acids is 2. The second kappa shape index (κ2) is 13.8. The predicted octanol–water partition coefficient (Wildman–Crippen LogP) is 3.49. The number of esters is 2. The van der Waals surface area contributed by atoms with Gasteiger partial charge in [-0.15, -0.1) is 0 Å². The fourth-order valence-corrected chi connectivity index (χ4v) is 3.14. The number of carbonyl (C=O) groups is 2. The molecular weight excluding hydrogens is 522 g/mol.